The van der Waals surface area contributed by atoms with Crippen LogP contribution in [-0.2, 0) is 6.42 Å². The van der Waals surface area contributed by atoms with E-state index in [0.29, 0.717) is 0 Å². The van der Waals surface area contributed by atoms with Crippen molar-refractivity contribution < 1.29 is 0 Å². The summed E-state index contributed by atoms with van der Waals surface area (Å²) >= 11 is 0. The normalized spacial score (nSPS) is 9.53. The van der Waals surface area contributed by atoms with E-state index in [1.54, 1.807) is 0 Å². The van der Waals surface area contributed by atoms with E-state index >= 15 is 0 Å². The van der Waals surface area contributed by atoms with Crippen molar-refractivity contribution in [2.75, 3.05) is 14.1 Å². The van der Waals surface area contributed by atoms with Crippen molar-refractivity contribution in [1.82, 2.24) is 5.32 Å². The number of rotatable bonds is 1. The molecule has 0 unspecified atom stereocenters. The minimum atomic E-state index is 1.12. The molecule has 0 bridgehead atoms. The second-order valence-electron chi connectivity index (χ2n) is 3.54. The molecule has 2 rings (SSSR count). The Morgan fingerprint density at radius 2 is 1.53 bits per heavy atom. The van der Waals surface area contributed by atoms with Gasteiger partial charge in [-0.2, -0.15) is 0 Å². The Hall–Kier alpha value is -1.34. The van der Waals surface area contributed by atoms with Crippen molar-refractivity contribution in [2.24, 2.45) is 0 Å². The molecule has 1 heteroatoms. The van der Waals surface area contributed by atoms with Crippen molar-refractivity contribution >= 4 is 10.8 Å². The maximum atomic E-state index is 2.75. The SMILES string of the molecule is CCc1ccc2ccccc2c1.CNC. The number of benzene rings is 2. The van der Waals surface area contributed by atoms with Crippen LogP contribution in [0.3, 0.4) is 0 Å². The van der Waals surface area contributed by atoms with Gasteiger partial charge >= 0.3 is 0 Å². The van der Waals surface area contributed by atoms with E-state index in [9.17, 15) is 0 Å². The fourth-order valence-corrected chi connectivity index (χ4v) is 1.46. The Bertz CT molecular complexity index is 407. The highest BCUT2D eigenvalue weighted by Gasteiger charge is 1.92. The smallest absolute Gasteiger partial charge is 0.0167 e. The molecule has 0 radical (unpaired) electrons. The summed E-state index contributed by atoms with van der Waals surface area (Å²) in [4.78, 5) is 0. The molecule has 80 valence electrons. The summed E-state index contributed by atoms with van der Waals surface area (Å²) in [6.07, 6.45) is 1.12. The summed E-state index contributed by atoms with van der Waals surface area (Å²) in [5.41, 5.74) is 1.41. The fourth-order valence-electron chi connectivity index (χ4n) is 1.46. The van der Waals surface area contributed by atoms with E-state index < -0.39 is 0 Å². The van der Waals surface area contributed by atoms with Crippen LogP contribution in [0.25, 0.3) is 10.8 Å². The molecule has 1 nitrogen and oxygen atoms in total. The molecule has 0 amide bonds. The van der Waals surface area contributed by atoms with E-state index in [1.807, 2.05) is 14.1 Å². The van der Waals surface area contributed by atoms with E-state index in [2.05, 4.69) is 54.7 Å². The lowest BCUT2D eigenvalue weighted by atomic mass is 10.1. The predicted octanol–water partition coefficient (Wildman–Crippen LogP) is 3.24. The van der Waals surface area contributed by atoms with E-state index in [0.717, 1.165) is 6.42 Å². The average molecular weight is 201 g/mol. The van der Waals surface area contributed by atoms with Gasteiger partial charge in [-0.25, -0.2) is 0 Å². The minimum absolute atomic E-state index is 1.12. The van der Waals surface area contributed by atoms with Gasteiger partial charge in [-0.15, -0.1) is 0 Å². The lowest BCUT2D eigenvalue weighted by molar-refractivity contribution is 1.02. The van der Waals surface area contributed by atoms with Gasteiger partial charge in [0.25, 0.3) is 0 Å². The zero-order chi connectivity index (χ0) is 11.1. The fraction of sp³-hybridized carbons (Fsp3) is 0.286. The maximum Gasteiger partial charge on any atom is -0.0167 e. The second kappa shape index (κ2) is 6.20. The summed E-state index contributed by atoms with van der Waals surface area (Å²) in [5, 5.41) is 5.42. The number of nitrogens with one attached hydrogen (secondary N) is 1. The van der Waals surface area contributed by atoms with Crippen LogP contribution < -0.4 is 5.32 Å². The van der Waals surface area contributed by atoms with Crippen molar-refractivity contribution in [3.05, 3.63) is 48.0 Å². The Labute approximate surface area is 92.1 Å². The number of fused-ring (bicyclic) bond motifs is 1. The Morgan fingerprint density at radius 3 is 2.13 bits per heavy atom. The highest BCUT2D eigenvalue weighted by atomic mass is 14.7. The molecule has 0 heterocycles. The molecule has 0 fully saturated rings. The third-order valence-corrected chi connectivity index (χ3v) is 2.22. The monoisotopic (exact) mass is 201 g/mol. The van der Waals surface area contributed by atoms with Crippen LogP contribution in [0.15, 0.2) is 42.5 Å². The average Bonchev–Trinajstić information content (AvgIpc) is 2.29. The molecule has 2 aromatic rings. The first-order chi connectivity index (χ1) is 7.31. The van der Waals surface area contributed by atoms with Crippen molar-refractivity contribution in [3.8, 4) is 0 Å². The largest absolute Gasteiger partial charge is 0.323 e. The number of hydrogen-bond donors (Lipinski definition) is 1. The van der Waals surface area contributed by atoms with Crippen molar-refractivity contribution in [3.63, 3.8) is 0 Å². The Kier molecular flexibility index (Phi) is 4.85. The van der Waals surface area contributed by atoms with Gasteiger partial charge in [0.15, 0.2) is 0 Å². The van der Waals surface area contributed by atoms with Crippen LogP contribution in [0, 0.1) is 0 Å². The van der Waals surface area contributed by atoms with Crippen LogP contribution >= 0.6 is 0 Å². The summed E-state index contributed by atoms with van der Waals surface area (Å²) in [6.45, 7) is 2.18. The van der Waals surface area contributed by atoms with Crippen LogP contribution in [0.5, 0.6) is 0 Å². The van der Waals surface area contributed by atoms with Crippen LogP contribution in [0.1, 0.15) is 12.5 Å². The summed E-state index contributed by atoms with van der Waals surface area (Å²) in [7, 11) is 3.75. The van der Waals surface area contributed by atoms with Gasteiger partial charge in [-0.3, -0.25) is 0 Å². The van der Waals surface area contributed by atoms with E-state index in [1.165, 1.54) is 16.3 Å². The van der Waals surface area contributed by atoms with Crippen LogP contribution in [-0.4, -0.2) is 14.1 Å². The third kappa shape index (κ3) is 3.37. The minimum Gasteiger partial charge on any atom is -0.323 e. The highest BCUT2D eigenvalue weighted by Crippen LogP contribution is 2.15. The molecule has 0 aliphatic carbocycles. The molecule has 0 atom stereocenters. The van der Waals surface area contributed by atoms with Gasteiger partial charge in [-0.1, -0.05) is 49.4 Å². The van der Waals surface area contributed by atoms with Gasteiger partial charge in [0.2, 0.25) is 0 Å². The first-order valence-electron chi connectivity index (χ1n) is 5.38. The first-order valence-corrected chi connectivity index (χ1v) is 5.38. The van der Waals surface area contributed by atoms with Crippen molar-refractivity contribution in [1.29, 1.82) is 0 Å². The molecule has 0 saturated heterocycles. The Morgan fingerprint density at radius 1 is 0.933 bits per heavy atom. The standard InChI is InChI=1S/C12H12.C2H7N/c1-2-10-7-8-11-5-3-4-6-12(11)9-10;1-3-2/h3-9H,2H2,1H3;3H,1-2H3. The molecule has 0 spiro atoms. The molecular formula is C14H19N. The lowest BCUT2D eigenvalue weighted by Gasteiger charge is -1.99. The Balaban J connectivity index is 0.000000337. The molecule has 0 aliphatic heterocycles. The molecular weight excluding hydrogens is 182 g/mol. The van der Waals surface area contributed by atoms with Gasteiger partial charge < -0.3 is 5.32 Å². The summed E-state index contributed by atoms with van der Waals surface area (Å²) < 4.78 is 0. The molecule has 2 aromatic carbocycles. The van der Waals surface area contributed by atoms with Gasteiger partial charge in [0, 0.05) is 0 Å². The lowest BCUT2D eigenvalue weighted by Crippen LogP contribution is -1.89. The second-order valence-corrected chi connectivity index (χ2v) is 3.54. The third-order valence-electron chi connectivity index (χ3n) is 2.22. The molecule has 0 aromatic heterocycles. The maximum absolute atomic E-state index is 2.75. The first kappa shape index (κ1) is 11.7. The van der Waals surface area contributed by atoms with E-state index in [-0.39, 0.29) is 0 Å². The molecule has 0 aliphatic rings. The molecule has 0 saturated carbocycles. The van der Waals surface area contributed by atoms with Gasteiger partial charge in [-0.05, 0) is 36.9 Å². The van der Waals surface area contributed by atoms with Crippen LogP contribution in [0.4, 0.5) is 0 Å². The van der Waals surface area contributed by atoms with E-state index in [4.69, 9.17) is 0 Å². The summed E-state index contributed by atoms with van der Waals surface area (Å²) in [5.74, 6) is 0. The zero-order valence-corrected chi connectivity index (χ0v) is 9.75. The molecule has 15 heavy (non-hydrogen) atoms. The quantitative estimate of drug-likeness (QED) is 0.747. The van der Waals surface area contributed by atoms with Crippen molar-refractivity contribution in [2.45, 2.75) is 13.3 Å². The van der Waals surface area contributed by atoms with Gasteiger partial charge in [0.1, 0.15) is 0 Å². The predicted molar refractivity (Wildman–Crippen MR) is 68.3 cm³/mol. The number of aryl methyl sites for hydroxylation is 1. The topological polar surface area (TPSA) is 12.0 Å². The number of hydrogen-bond acceptors (Lipinski definition) is 1. The molecule has 1 N–H and O–H groups in total. The zero-order valence-electron chi connectivity index (χ0n) is 9.75. The van der Waals surface area contributed by atoms with Gasteiger partial charge in [0.05, 0.1) is 0 Å². The summed E-state index contributed by atoms with van der Waals surface area (Å²) in [6, 6.07) is 15.1. The van der Waals surface area contributed by atoms with Crippen LogP contribution in [0.2, 0.25) is 0 Å². The highest BCUT2D eigenvalue weighted by molar-refractivity contribution is 5.82.